The molecule has 0 radical (unpaired) electrons. The second kappa shape index (κ2) is 5.84. The van der Waals surface area contributed by atoms with Gasteiger partial charge in [0.15, 0.2) is 0 Å². The fourth-order valence-electron chi connectivity index (χ4n) is 2.75. The lowest BCUT2D eigenvalue weighted by Crippen LogP contribution is -2.47. The number of amides is 1. The molecule has 7 nitrogen and oxygen atoms in total. The van der Waals surface area contributed by atoms with Gasteiger partial charge in [-0.05, 0) is 6.92 Å². The van der Waals surface area contributed by atoms with Crippen LogP contribution in [0.15, 0.2) is 18.7 Å². The Morgan fingerprint density at radius 3 is 2.86 bits per heavy atom. The lowest BCUT2D eigenvalue weighted by atomic mass is 10.0. The number of rotatable bonds is 3. The van der Waals surface area contributed by atoms with E-state index in [0.717, 1.165) is 23.5 Å². The fourth-order valence-corrected chi connectivity index (χ4v) is 2.75. The summed E-state index contributed by atoms with van der Waals surface area (Å²) >= 11 is 0. The van der Waals surface area contributed by atoms with Crippen molar-refractivity contribution in [3.05, 3.63) is 41.5 Å². The van der Waals surface area contributed by atoms with Gasteiger partial charge in [0, 0.05) is 32.5 Å². The number of hydrogen-bond donors (Lipinski definition) is 0. The Hall–Kier alpha value is -2.28. The van der Waals surface area contributed by atoms with Crippen LogP contribution in [0.4, 0.5) is 0 Å². The Morgan fingerprint density at radius 2 is 2.18 bits per heavy atom. The zero-order valence-corrected chi connectivity index (χ0v) is 13.0. The first-order chi connectivity index (χ1) is 10.6. The van der Waals surface area contributed by atoms with Crippen LogP contribution in [0.3, 0.4) is 0 Å². The molecular weight excluding hydrogens is 282 g/mol. The Bertz CT molecular complexity index is 680. The Balaban J connectivity index is 1.90. The molecule has 2 aromatic rings. The smallest absolute Gasteiger partial charge is 0.274 e. The summed E-state index contributed by atoms with van der Waals surface area (Å²) in [5.74, 6) is -0.133. The first kappa shape index (κ1) is 14.6. The molecule has 2 aromatic heterocycles. The van der Waals surface area contributed by atoms with Crippen LogP contribution >= 0.6 is 0 Å². The number of carbonyl (C=O) groups is 1. The van der Waals surface area contributed by atoms with Crippen molar-refractivity contribution in [2.45, 2.75) is 25.9 Å². The standard InChI is InChI=1S/C15H19N5O2/c1-10-5-17-12(6-16-10)15(21)20-7-13-14(19(2)9-18-13)4-11(20)8-22-3/h5-6,9,11H,4,7-8H2,1-3H3/t11-/m1/s1. The van der Waals surface area contributed by atoms with Gasteiger partial charge in [0.25, 0.3) is 5.91 Å². The Labute approximate surface area is 129 Å². The maximum absolute atomic E-state index is 12.7. The number of hydrogen-bond acceptors (Lipinski definition) is 5. The summed E-state index contributed by atoms with van der Waals surface area (Å²) in [6, 6.07) is -0.0245. The van der Waals surface area contributed by atoms with E-state index in [1.165, 1.54) is 6.20 Å². The summed E-state index contributed by atoms with van der Waals surface area (Å²) in [6.45, 7) is 2.80. The first-order valence-electron chi connectivity index (χ1n) is 7.17. The number of aromatic nitrogens is 4. The highest BCUT2D eigenvalue weighted by Gasteiger charge is 2.33. The molecule has 0 saturated carbocycles. The molecule has 3 heterocycles. The number of nitrogens with zero attached hydrogens (tertiary/aromatic N) is 5. The van der Waals surface area contributed by atoms with Crippen LogP contribution in [0.1, 0.15) is 27.6 Å². The van der Waals surface area contributed by atoms with Gasteiger partial charge in [-0.2, -0.15) is 0 Å². The summed E-state index contributed by atoms with van der Waals surface area (Å²) in [5.41, 5.74) is 3.23. The first-order valence-corrected chi connectivity index (χ1v) is 7.17. The van der Waals surface area contributed by atoms with Gasteiger partial charge in [-0.15, -0.1) is 0 Å². The molecule has 3 rings (SSSR count). The molecule has 7 heteroatoms. The van der Waals surface area contributed by atoms with E-state index in [2.05, 4.69) is 15.0 Å². The van der Waals surface area contributed by atoms with Crippen LogP contribution in [0.2, 0.25) is 0 Å². The molecule has 0 bridgehead atoms. The minimum absolute atomic E-state index is 0.0245. The third kappa shape index (κ3) is 2.59. The van der Waals surface area contributed by atoms with Crippen LogP contribution in [-0.2, 0) is 24.8 Å². The van der Waals surface area contributed by atoms with Crippen molar-refractivity contribution < 1.29 is 9.53 Å². The van der Waals surface area contributed by atoms with Crippen LogP contribution in [0, 0.1) is 6.92 Å². The second-order valence-electron chi connectivity index (χ2n) is 5.54. The summed E-state index contributed by atoms with van der Waals surface area (Å²) in [7, 11) is 3.62. The van der Waals surface area contributed by atoms with E-state index in [1.54, 1.807) is 24.5 Å². The average molecular weight is 301 g/mol. The van der Waals surface area contributed by atoms with E-state index < -0.39 is 0 Å². The van der Waals surface area contributed by atoms with Gasteiger partial charge in [0.1, 0.15) is 5.69 Å². The molecule has 0 fully saturated rings. The number of aryl methyl sites for hydroxylation is 2. The zero-order chi connectivity index (χ0) is 15.7. The number of ether oxygens (including phenoxy) is 1. The van der Waals surface area contributed by atoms with E-state index in [-0.39, 0.29) is 11.9 Å². The highest BCUT2D eigenvalue weighted by atomic mass is 16.5. The van der Waals surface area contributed by atoms with Gasteiger partial charge in [-0.25, -0.2) is 9.97 Å². The molecule has 1 amide bonds. The third-order valence-corrected chi connectivity index (χ3v) is 3.96. The minimum atomic E-state index is -0.133. The number of carbonyl (C=O) groups excluding carboxylic acids is 1. The van der Waals surface area contributed by atoms with Gasteiger partial charge in [-0.3, -0.25) is 9.78 Å². The van der Waals surface area contributed by atoms with Gasteiger partial charge < -0.3 is 14.2 Å². The van der Waals surface area contributed by atoms with E-state index in [0.29, 0.717) is 18.8 Å². The maximum atomic E-state index is 12.7. The van der Waals surface area contributed by atoms with Gasteiger partial charge in [-0.1, -0.05) is 0 Å². The number of imidazole rings is 1. The lowest BCUT2D eigenvalue weighted by molar-refractivity contribution is 0.0462. The van der Waals surface area contributed by atoms with Crippen molar-refractivity contribution >= 4 is 5.91 Å². The molecule has 0 saturated heterocycles. The molecule has 22 heavy (non-hydrogen) atoms. The monoisotopic (exact) mass is 301 g/mol. The minimum Gasteiger partial charge on any atom is -0.383 e. The van der Waals surface area contributed by atoms with E-state index in [9.17, 15) is 4.79 Å². The largest absolute Gasteiger partial charge is 0.383 e. The summed E-state index contributed by atoms with van der Waals surface area (Å²) in [4.78, 5) is 27.2. The molecule has 1 aliphatic rings. The molecule has 0 aromatic carbocycles. The second-order valence-corrected chi connectivity index (χ2v) is 5.54. The molecule has 0 unspecified atom stereocenters. The van der Waals surface area contributed by atoms with Gasteiger partial charge in [0.2, 0.25) is 0 Å². The van der Waals surface area contributed by atoms with Crippen LogP contribution in [0.5, 0.6) is 0 Å². The van der Waals surface area contributed by atoms with Gasteiger partial charge in [0.05, 0.1) is 43.1 Å². The molecule has 1 aliphatic heterocycles. The molecular formula is C15H19N5O2. The van der Waals surface area contributed by atoms with E-state index in [1.807, 2.05) is 18.5 Å². The van der Waals surface area contributed by atoms with Gasteiger partial charge >= 0.3 is 0 Å². The summed E-state index contributed by atoms with van der Waals surface area (Å²) < 4.78 is 7.29. The molecule has 0 spiro atoms. The van der Waals surface area contributed by atoms with Crippen molar-refractivity contribution in [2.24, 2.45) is 7.05 Å². The highest BCUT2D eigenvalue weighted by molar-refractivity contribution is 5.92. The van der Waals surface area contributed by atoms with Crippen LogP contribution in [-0.4, -0.2) is 50.1 Å². The summed E-state index contributed by atoms with van der Waals surface area (Å²) in [5, 5.41) is 0. The van der Waals surface area contributed by atoms with Crippen LogP contribution < -0.4 is 0 Å². The van der Waals surface area contributed by atoms with Crippen LogP contribution in [0.25, 0.3) is 0 Å². The molecule has 116 valence electrons. The molecule has 0 N–H and O–H groups in total. The Kier molecular flexibility index (Phi) is 3.89. The average Bonchev–Trinajstić information content (AvgIpc) is 2.88. The third-order valence-electron chi connectivity index (χ3n) is 3.96. The normalized spacial score (nSPS) is 17.4. The topological polar surface area (TPSA) is 73.1 Å². The highest BCUT2D eigenvalue weighted by Crippen LogP contribution is 2.23. The van der Waals surface area contributed by atoms with Crippen molar-refractivity contribution in [1.29, 1.82) is 0 Å². The lowest BCUT2D eigenvalue weighted by Gasteiger charge is -2.34. The van der Waals surface area contributed by atoms with Crippen molar-refractivity contribution in [3.8, 4) is 0 Å². The van der Waals surface area contributed by atoms with Crippen molar-refractivity contribution in [2.75, 3.05) is 13.7 Å². The number of fused-ring (bicyclic) bond motifs is 1. The molecule has 1 atom stereocenters. The zero-order valence-electron chi connectivity index (χ0n) is 13.0. The predicted molar refractivity (Wildman–Crippen MR) is 79.2 cm³/mol. The summed E-state index contributed by atoms with van der Waals surface area (Å²) in [6.07, 6.45) is 5.64. The maximum Gasteiger partial charge on any atom is 0.274 e. The molecule has 0 aliphatic carbocycles. The van der Waals surface area contributed by atoms with E-state index in [4.69, 9.17) is 4.74 Å². The van der Waals surface area contributed by atoms with Crippen molar-refractivity contribution in [1.82, 2.24) is 24.4 Å². The van der Waals surface area contributed by atoms with Crippen molar-refractivity contribution in [3.63, 3.8) is 0 Å². The Morgan fingerprint density at radius 1 is 1.36 bits per heavy atom. The van der Waals surface area contributed by atoms with E-state index >= 15 is 0 Å². The quantitative estimate of drug-likeness (QED) is 0.835. The predicted octanol–water partition coefficient (Wildman–Crippen LogP) is 0.732. The number of methoxy groups -OCH3 is 1. The SMILES string of the molecule is COC[C@H]1Cc2c(ncn2C)CN1C(=O)c1cnc(C)cn1. The fraction of sp³-hybridized carbons (Fsp3) is 0.467.